The molecule has 0 amide bonds. The molecule has 0 saturated carbocycles. The Balaban J connectivity index is 2.38. The first kappa shape index (κ1) is 7.99. The van der Waals surface area contributed by atoms with Gasteiger partial charge in [0.2, 0.25) is 0 Å². The largest absolute Gasteiger partial charge is 0.366 e. The molecule has 0 bridgehead atoms. The predicted octanol–water partition coefficient (Wildman–Crippen LogP) is 3.80. The molecule has 0 saturated heterocycles. The van der Waals surface area contributed by atoms with E-state index in [1.54, 1.807) is 0 Å². The smallest absolute Gasteiger partial charge is 0.0559 e. The van der Waals surface area contributed by atoms with Crippen LogP contribution in [0.15, 0.2) is 48.8 Å². The van der Waals surface area contributed by atoms with Gasteiger partial charge in [-0.25, -0.2) is 0 Å². The van der Waals surface area contributed by atoms with Crippen molar-refractivity contribution in [1.82, 2.24) is 9.97 Å². The predicted molar refractivity (Wildman–Crippen MR) is 67.7 cm³/mol. The van der Waals surface area contributed by atoms with Crippen LogP contribution in [0.1, 0.15) is 0 Å². The Kier molecular flexibility index (Phi) is 1.33. The van der Waals surface area contributed by atoms with Crippen LogP contribution >= 0.6 is 0 Å². The number of benzene rings is 2. The zero-order valence-corrected chi connectivity index (χ0v) is 8.62. The maximum atomic E-state index is 3.49. The van der Waals surface area contributed by atoms with Crippen LogP contribution in [0.25, 0.3) is 32.6 Å². The Morgan fingerprint density at radius 3 is 2.69 bits per heavy atom. The third-order valence-electron chi connectivity index (χ3n) is 3.22. The molecule has 4 aromatic rings. The van der Waals surface area contributed by atoms with Crippen LogP contribution in [0.3, 0.4) is 0 Å². The number of H-pyrrole nitrogens is 2. The monoisotopic (exact) mass is 206 g/mol. The molecule has 0 aliphatic carbocycles. The number of aromatic amines is 2. The number of nitrogens with one attached hydrogen (secondary N) is 2. The fraction of sp³-hybridized carbons (Fsp3) is 0. The molecule has 76 valence electrons. The Morgan fingerprint density at radius 2 is 1.69 bits per heavy atom. The number of rotatable bonds is 0. The van der Waals surface area contributed by atoms with E-state index in [-0.39, 0.29) is 0 Å². The zero-order valence-electron chi connectivity index (χ0n) is 8.62. The number of aromatic nitrogens is 2. The summed E-state index contributed by atoms with van der Waals surface area (Å²) in [5, 5.41) is 5.09. The van der Waals surface area contributed by atoms with Gasteiger partial charge < -0.3 is 9.97 Å². The number of para-hydroxylation sites is 1. The summed E-state index contributed by atoms with van der Waals surface area (Å²) >= 11 is 0. The zero-order chi connectivity index (χ0) is 10.5. The molecule has 2 heterocycles. The summed E-state index contributed by atoms with van der Waals surface area (Å²) in [7, 11) is 0. The van der Waals surface area contributed by atoms with E-state index in [9.17, 15) is 0 Å². The molecular formula is C14H10N2. The summed E-state index contributed by atoms with van der Waals surface area (Å²) in [4.78, 5) is 6.64. The molecule has 16 heavy (non-hydrogen) atoms. The molecule has 0 radical (unpaired) electrons. The SMILES string of the molecule is c1ccc2c(c1)[nH]c1c3c[nH]cc3ccc21. The minimum Gasteiger partial charge on any atom is -0.366 e. The lowest BCUT2D eigenvalue weighted by molar-refractivity contribution is 1.43. The third kappa shape index (κ3) is 0.865. The molecule has 2 nitrogen and oxygen atoms in total. The van der Waals surface area contributed by atoms with Crippen molar-refractivity contribution in [3.8, 4) is 0 Å². The Hall–Kier alpha value is -2.22. The average Bonchev–Trinajstić information content (AvgIpc) is 2.92. The van der Waals surface area contributed by atoms with E-state index >= 15 is 0 Å². The van der Waals surface area contributed by atoms with Crippen molar-refractivity contribution in [2.75, 3.05) is 0 Å². The average molecular weight is 206 g/mol. The highest BCUT2D eigenvalue weighted by Crippen LogP contribution is 2.30. The summed E-state index contributed by atoms with van der Waals surface area (Å²) in [6, 6.07) is 12.8. The normalized spacial score (nSPS) is 11.8. The van der Waals surface area contributed by atoms with Gasteiger partial charge in [0.25, 0.3) is 0 Å². The van der Waals surface area contributed by atoms with Crippen LogP contribution < -0.4 is 0 Å². The van der Waals surface area contributed by atoms with Crippen LogP contribution in [0.2, 0.25) is 0 Å². The summed E-state index contributed by atoms with van der Waals surface area (Å²) in [5.41, 5.74) is 2.42. The second kappa shape index (κ2) is 2.67. The standard InChI is InChI=1S/C14H10N2/c1-2-4-13-10(3-1)11-6-5-9-7-15-8-12(9)14(11)16-13/h1-8,15-16H. The minimum absolute atomic E-state index is 1.20. The second-order valence-electron chi connectivity index (χ2n) is 4.12. The van der Waals surface area contributed by atoms with Crippen molar-refractivity contribution in [2.24, 2.45) is 0 Å². The van der Waals surface area contributed by atoms with Gasteiger partial charge in [-0.15, -0.1) is 0 Å². The molecule has 0 atom stereocenters. The highest BCUT2D eigenvalue weighted by Gasteiger charge is 2.06. The van der Waals surface area contributed by atoms with Gasteiger partial charge in [0.15, 0.2) is 0 Å². The molecule has 0 aliphatic heterocycles. The fourth-order valence-electron chi connectivity index (χ4n) is 2.45. The second-order valence-corrected chi connectivity index (χ2v) is 4.12. The molecule has 0 aliphatic rings. The van der Waals surface area contributed by atoms with Crippen molar-refractivity contribution in [3.05, 3.63) is 48.8 Å². The molecule has 4 rings (SSSR count). The fourth-order valence-corrected chi connectivity index (χ4v) is 2.45. The van der Waals surface area contributed by atoms with Crippen molar-refractivity contribution < 1.29 is 0 Å². The summed E-state index contributed by atoms with van der Waals surface area (Å²) in [5.74, 6) is 0. The summed E-state index contributed by atoms with van der Waals surface area (Å²) in [6.07, 6.45) is 4.08. The molecule has 2 N–H and O–H groups in total. The van der Waals surface area contributed by atoms with Gasteiger partial charge in [0.1, 0.15) is 0 Å². The molecule has 0 fully saturated rings. The topological polar surface area (TPSA) is 31.6 Å². The van der Waals surface area contributed by atoms with Gasteiger partial charge in [-0.3, -0.25) is 0 Å². The van der Waals surface area contributed by atoms with E-state index in [4.69, 9.17) is 0 Å². The van der Waals surface area contributed by atoms with Gasteiger partial charge in [-0.1, -0.05) is 30.3 Å². The Bertz CT molecular complexity index is 805. The minimum atomic E-state index is 1.20. The van der Waals surface area contributed by atoms with Crippen LogP contribution in [0, 0.1) is 0 Å². The van der Waals surface area contributed by atoms with E-state index in [1.807, 2.05) is 12.4 Å². The van der Waals surface area contributed by atoms with Gasteiger partial charge in [0.05, 0.1) is 5.52 Å². The third-order valence-corrected chi connectivity index (χ3v) is 3.22. The first-order valence-electron chi connectivity index (χ1n) is 5.39. The number of hydrogen-bond acceptors (Lipinski definition) is 0. The molecule has 2 heteroatoms. The van der Waals surface area contributed by atoms with E-state index in [0.29, 0.717) is 0 Å². The molecule has 2 aromatic heterocycles. The van der Waals surface area contributed by atoms with E-state index in [1.165, 1.54) is 32.6 Å². The first-order valence-corrected chi connectivity index (χ1v) is 5.39. The van der Waals surface area contributed by atoms with E-state index in [0.717, 1.165) is 0 Å². The van der Waals surface area contributed by atoms with Crippen LogP contribution in [0.4, 0.5) is 0 Å². The molecule has 0 spiro atoms. The van der Waals surface area contributed by atoms with Crippen LogP contribution in [-0.2, 0) is 0 Å². The van der Waals surface area contributed by atoms with E-state index in [2.05, 4.69) is 46.4 Å². The Morgan fingerprint density at radius 1 is 0.750 bits per heavy atom. The maximum absolute atomic E-state index is 3.49. The van der Waals surface area contributed by atoms with Gasteiger partial charge in [-0.2, -0.15) is 0 Å². The lowest BCUT2D eigenvalue weighted by atomic mass is 10.1. The number of fused-ring (bicyclic) bond motifs is 5. The summed E-state index contributed by atoms with van der Waals surface area (Å²) in [6.45, 7) is 0. The van der Waals surface area contributed by atoms with Crippen LogP contribution in [0.5, 0.6) is 0 Å². The summed E-state index contributed by atoms with van der Waals surface area (Å²) < 4.78 is 0. The lowest BCUT2D eigenvalue weighted by Crippen LogP contribution is -1.68. The van der Waals surface area contributed by atoms with Crippen molar-refractivity contribution in [3.63, 3.8) is 0 Å². The lowest BCUT2D eigenvalue weighted by Gasteiger charge is -1.92. The van der Waals surface area contributed by atoms with Gasteiger partial charge >= 0.3 is 0 Å². The van der Waals surface area contributed by atoms with Crippen molar-refractivity contribution >= 4 is 32.6 Å². The van der Waals surface area contributed by atoms with Gasteiger partial charge in [0, 0.05) is 39.5 Å². The Labute approximate surface area is 91.9 Å². The highest BCUT2D eigenvalue weighted by atomic mass is 14.7. The quantitative estimate of drug-likeness (QED) is 0.438. The maximum Gasteiger partial charge on any atom is 0.0559 e. The molecule has 0 unspecified atom stereocenters. The van der Waals surface area contributed by atoms with E-state index < -0.39 is 0 Å². The first-order chi connectivity index (χ1) is 7.93. The van der Waals surface area contributed by atoms with Crippen molar-refractivity contribution in [2.45, 2.75) is 0 Å². The van der Waals surface area contributed by atoms with Gasteiger partial charge in [-0.05, 0) is 6.07 Å². The van der Waals surface area contributed by atoms with Crippen LogP contribution in [-0.4, -0.2) is 9.97 Å². The molecule has 2 aromatic carbocycles. The molecular weight excluding hydrogens is 196 g/mol. The van der Waals surface area contributed by atoms with Crippen molar-refractivity contribution in [1.29, 1.82) is 0 Å². The number of hydrogen-bond donors (Lipinski definition) is 2. The highest BCUT2D eigenvalue weighted by molar-refractivity contribution is 6.16.